The Morgan fingerprint density at radius 1 is 0.727 bits per heavy atom. The van der Waals surface area contributed by atoms with Crippen LogP contribution in [-0.4, -0.2) is 46.2 Å². The summed E-state index contributed by atoms with van der Waals surface area (Å²) in [5.41, 5.74) is 19.0. The average Bonchev–Trinajstić information content (AvgIpc) is 4.05. The van der Waals surface area contributed by atoms with Crippen molar-refractivity contribution in [3.63, 3.8) is 0 Å². The highest BCUT2D eigenvalue weighted by molar-refractivity contribution is 14.2. The zero-order valence-electron chi connectivity index (χ0n) is 32.3. The highest BCUT2D eigenvalue weighted by Crippen LogP contribution is 2.45. The lowest BCUT2D eigenvalue weighted by Crippen LogP contribution is -2.24. The molecule has 300 valence electrons. The topological polar surface area (TPSA) is 107 Å². The van der Waals surface area contributed by atoms with Crippen LogP contribution in [0.25, 0.3) is 0 Å². The van der Waals surface area contributed by atoms with E-state index in [9.17, 15) is 4.79 Å². The van der Waals surface area contributed by atoms with Gasteiger partial charge in [0.15, 0.2) is 0 Å². The molecular formula is C44H57I4N3O4. The third kappa shape index (κ3) is 11.6. The predicted molar refractivity (Wildman–Crippen MR) is 260 cm³/mol. The number of aryl methyl sites for hydroxylation is 3. The van der Waals surface area contributed by atoms with Gasteiger partial charge in [-0.25, -0.2) is 0 Å². The molecule has 55 heavy (non-hydrogen) atoms. The van der Waals surface area contributed by atoms with Crippen molar-refractivity contribution in [2.75, 3.05) is 40.3 Å². The van der Waals surface area contributed by atoms with Gasteiger partial charge in [-0.05, 0) is 132 Å². The molecule has 3 aliphatic carbocycles. The molecule has 11 heteroatoms. The summed E-state index contributed by atoms with van der Waals surface area (Å²) in [4.78, 5) is 13.3. The van der Waals surface area contributed by atoms with Gasteiger partial charge in [-0.1, -0.05) is 92.9 Å². The van der Waals surface area contributed by atoms with Gasteiger partial charge in [-0.3, -0.25) is 4.79 Å². The van der Waals surface area contributed by atoms with Crippen LogP contribution in [-0.2, 0) is 43.3 Å². The molecule has 0 spiro atoms. The molecule has 9 rings (SSSR count). The lowest BCUT2D eigenvalue weighted by atomic mass is 9.92. The van der Waals surface area contributed by atoms with E-state index in [0.29, 0.717) is 30.6 Å². The molecule has 0 bridgehead atoms. The van der Waals surface area contributed by atoms with Crippen molar-refractivity contribution in [1.29, 1.82) is 5.26 Å². The van der Waals surface area contributed by atoms with Gasteiger partial charge in [-0.2, -0.15) is 5.26 Å². The summed E-state index contributed by atoms with van der Waals surface area (Å²) in [5.74, 6) is 5.17. The average molecular weight is 1200 g/mol. The van der Waals surface area contributed by atoms with Gasteiger partial charge in [0.2, 0.25) is 5.91 Å². The summed E-state index contributed by atoms with van der Waals surface area (Å²) >= 11 is 6.70. The minimum Gasteiger partial charge on any atom is -0.493 e. The largest absolute Gasteiger partial charge is 0.493 e. The first-order chi connectivity index (χ1) is 26.5. The van der Waals surface area contributed by atoms with E-state index in [4.69, 9.17) is 25.2 Å². The van der Waals surface area contributed by atoms with E-state index in [2.05, 4.69) is 116 Å². The van der Waals surface area contributed by atoms with E-state index in [0.717, 1.165) is 95.1 Å². The highest BCUT2D eigenvalue weighted by Gasteiger charge is 2.31. The number of nitrogens with one attached hydrogen (secondary N) is 1. The number of hydrogen-bond acceptors (Lipinski definition) is 6. The molecule has 1 amide bonds. The highest BCUT2D eigenvalue weighted by atomic mass is 127. The molecule has 3 heterocycles. The lowest BCUT2D eigenvalue weighted by Gasteiger charge is -2.15. The molecule has 3 aromatic rings. The normalized spacial score (nSPS) is 19.3. The Labute approximate surface area is 387 Å². The van der Waals surface area contributed by atoms with Crippen LogP contribution in [0.3, 0.4) is 0 Å². The third-order valence-electron chi connectivity index (χ3n) is 11.5. The summed E-state index contributed by atoms with van der Waals surface area (Å²) in [6.45, 7) is 5.98. The number of nitriles is 1. The number of carbonyl (C=O) groups is 1. The number of benzene rings is 3. The number of nitrogens with two attached hydrogens (primary N) is 1. The maximum Gasteiger partial charge on any atom is 0.219 e. The number of carbonyl (C=O) groups excluding carboxylic acids is 1. The molecule has 6 aliphatic rings. The van der Waals surface area contributed by atoms with Gasteiger partial charge in [0.05, 0.1) is 28.3 Å². The summed E-state index contributed by atoms with van der Waals surface area (Å²) in [6, 6.07) is 15.3. The maximum absolute atomic E-state index is 11.3. The Balaban J connectivity index is 0.000000173. The van der Waals surface area contributed by atoms with Crippen molar-refractivity contribution in [3.05, 3.63) is 86.5 Å². The second kappa shape index (κ2) is 24.1. The predicted octanol–water partition coefficient (Wildman–Crippen LogP) is 10.6. The van der Waals surface area contributed by atoms with E-state index < -0.39 is 0 Å². The van der Waals surface area contributed by atoms with Crippen molar-refractivity contribution in [2.45, 2.75) is 108 Å². The Kier molecular flexibility index (Phi) is 20.4. The van der Waals surface area contributed by atoms with Gasteiger partial charge >= 0.3 is 0 Å². The number of ether oxygens (including phenoxy) is 3. The summed E-state index contributed by atoms with van der Waals surface area (Å²) in [6.07, 6.45) is 13.8. The molecule has 7 nitrogen and oxygen atoms in total. The quantitative estimate of drug-likeness (QED) is 0.180. The van der Waals surface area contributed by atoms with E-state index in [1.165, 1.54) is 72.6 Å². The second-order valence-corrected chi connectivity index (χ2v) is 18.8. The van der Waals surface area contributed by atoms with Crippen molar-refractivity contribution in [2.24, 2.45) is 5.73 Å². The van der Waals surface area contributed by atoms with Crippen molar-refractivity contribution < 1.29 is 19.0 Å². The third-order valence-corrected chi connectivity index (χ3v) is 11.5. The fraction of sp³-hybridized carbons (Fsp3) is 0.545. The van der Waals surface area contributed by atoms with Crippen molar-refractivity contribution in [1.82, 2.24) is 5.32 Å². The molecule has 0 fully saturated rings. The number of hydrogen-bond donors (Lipinski definition) is 2. The zero-order valence-corrected chi connectivity index (χ0v) is 41.1. The molecule has 3 aliphatic heterocycles. The zero-order chi connectivity index (χ0) is 38.5. The fourth-order valence-electron chi connectivity index (χ4n) is 9.25. The Morgan fingerprint density at radius 2 is 1.13 bits per heavy atom. The van der Waals surface area contributed by atoms with Crippen molar-refractivity contribution in [3.8, 4) is 23.3 Å². The van der Waals surface area contributed by atoms with Gasteiger partial charge < -0.3 is 25.3 Å². The SMILES string of the molecule is CCC(=O)NCC[C@@H]1CCc2ccc3c(c21)CCO3.CI.I.ICI.N#CC[C@@H]1CCc2ccc3c(c21)CCO3.NCC[C@@H]1CCc2ccc3c(c21)CCO3. The van der Waals surface area contributed by atoms with E-state index in [1.807, 2.05) is 11.9 Å². The molecule has 3 aromatic carbocycles. The number of amides is 1. The monoisotopic (exact) mass is 1200 g/mol. The summed E-state index contributed by atoms with van der Waals surface area (Å²) in [5, 5.41) is 11.8. The first kappa shape index (κ1) is 46.6. The molecule has 0 saturated heterocycles. The van der Waals surface area contributed by atoms with Gasteiger partial charge in [0.1, 0.15) is 17.2 Å². The molecule has 0 unspecified atom stereocenters. The fourth-order valence-corrected chi connectivity index (χ4v) is 9.25. The molecular weight excluding hydrogens is 1140 g/mol. The minimum atomic E-state index is 0. The van der Waals surface area contributed by atoms with Gasteiger partial charge in [0, 0.05) is 55.3 Å². The smallest absolute Gasteiger partial charge is 0.219 e. The molecule has 0 saturated carbocycles. The Morgan fingerprint density at radius 3 is 1.53 bits per heavy atom. The van der Waals surface area contributed by atoms with Gasteiger partial charge in [0.25, 0.3) is 0 Å². The standard InChI is InChI=1S/C16H21NO2.C13H17NO.C13H13NO.CH2I2.CH3I.HI/c1-2-15(18)17-9-7-12-4-3-11-5-6-14-13(16(11)12)8-10-19-14;2*14-7-5-10-2-1-9-3-4-12-11(13(9)10)6-8-15-12;2-1-3;1-2;/h5-6,12H,2-4,7-10H2,1H3,(H,17,18);3-4,10H,1-2,5-8,14H2;3-4,10H,1-2,5-6,8H2;1H2;1H3;1H/t12-;2*10-;;;/m000.../s1. The number of rotatable bonds is 7. The van der Waals surface area contributed by atoms with Crippen LogP contribution in [0.5, 0.6) is 17.2 Å². The number of fused-ring (bicyclic) bond motifs is 9. The molecule has 0 aromatic heterocycles. The van der Waals surface area contributed by atoms with E-state index in [-0.39, 0.29) is 29.9 Å². The van der Waals surface area contributed by atoms with Crippen LogP contribution in [0.15, 0.2) is 36.4 Å². The first-order valence-corrected chi connectivity index (χ1v) is 24.9. The first-order valence-electron chi connectivity index (χ1n) is 19.7. The van der Waals surface area contributed by atoms with Crippen LogP contribution in [0.2, 0.25) is 0 Å². The van der Waals surface area contributed by atoms with Crippen LogP contribution >= 0.6 is 91.7 Å². The lowest BCUT2D eigenvalue weighted by molar-refractivity contribution is -0.120. The molecule has 0 radical (unpaired) electrons. The maximum atomic E-state index is 11.3. The Bertz CT molecular complexity index is 1760. The van der Waals surface area contributed by atoms with E-state index in [1.54, 1.807) is 5.56 Å². The van der Waals surface area contributed by atoms with Crippen LogP contribution in [0, 0.1) is 11.3 Å². The number of halogens is 4. The van der Waals surface area contributed by atoms with Crippen LogP contribution in [0.4, 0.5) is 0 Å². The number of alkyl halides is 3. The van der Waals surface area contributed by atoms with Gasteiger partial charge in [-0.15, -0.1) is 24.0 Å². The van der Waals surface area contributed by atoms with Crippen LogP contribution < -0.4 is 25.3 Å². The number of nitrogens with zero attached hydrogens (tertiary/aromatic N) is 1. The molecule has 3 atom stereocenters. The Hall–Kier alpha value is -1.10. The second-order valence-electron chi connectivity index (χ2n) is 14.4. The summed E-state index contributed by atoms with van der Waals surface area (Å²) in [7, 11) is 0. The summed E-state index contributed by atoms with van der Waals surface area (Å²) < 4.78 is 18.0. The molecule has 3 N–H and O–H groups in total. The minimum absolute atomic E-state index is 0. The van der Waals surface area contributed by atoms with Crippen molar-refractivity contribution >= 4 is 97.7 Å². The van der Waals surface area contributed by atoms with E-state index >= 15 is 0 Å². The van der Waals surface area contributed by atoms with Crippen LogP contribution in [0.1, 0.15) is 120 Å².